The Morgan fingerprint density at radius 3 is 2.59 bits per heavy atom. The van der Waals surface area contributed by atoms with Crippen molar-refractivity contribution in [2.75, 3.05) is 27.4 Å². The minimum Gasteiger partial charge on any atom is -0.493 e. The summed E-state index contributed by atoms with van der Waals surface area (Å²) in [4.78, 5) is 12.5. The lowest BCUT2D eigenvalue weighted by Crippen LogP contribution is -2.42. The highest BCUT2D eigenvalue weighted by atomic mass is 19.1. The Kier molecular flexibility index (Phi) is 7.30. The zero-order chi connectivity index (χ0) is 20.6. The SMILES string of the molecule is COc1ccc(CCNC(=O)NC(c2ccc(F)cc2)C2CCCO2)cc1OC. The van der Waals surface area contributed by atoms with Crippen LogP contribution in [0.4, 0.5) is 9.18 Å². The first-order valence-corrected chi connectivity index (χ1v) is 9.73. The molecular formula is C22H27FN2O4. The van der Waals surface area contributed by atoms with Crippen molar-refractivity contribution < 1.29 is 23.4 Å². The second-order valence-corrected chi connectivity index (χ2v) is 6.92. The molecule has 0 aliphatic carbocycles. The van der Waals surface area contributed by atoms with Crippen LogP contribution >= 0.6 is 0 Å². The number of nitrogens with one attached hydrogen (secondary N) is 2. The van der Waals surface area contributed by atoms with E-state index in [9.17, 15) is 9.18 Å². The minimum atomic E-state index is -0.320. The van der Waals surface area contributed by atoms with Gasteiger partial charge in [-0.1, -0.05) is 18.2 Å². The number of urea groups is 1. The van der Waals surface area contributed by atoms with Crippen LogP contribution in [-0.2, 0) is 11.2 Å². The maximum absolute atomic E-state index is 13.3. The van der Waals surface area contributed by atoms with Crippen molar-refractivity contribution in [1.29, 1.82) is 0 Å². The highest BCUT2D eigenvalue weighted by Crippen LogP contribution is 2.28. The normalized spacial score (nSPS) is 16.9. The monoisotopic (exact) mass is 402 g/mol. The van der Waals surface area contributed by atoms with Crippen LogP contribution in [0.15, 0.2) is 42.5 Å². The smallest absolute Gasteiger partial charge is 0.315 e. The van der Waals surface area contributed by atoms with Crippen molar-refractivity contribution in [1.82, 2.24) is 10.6 Å². The van der Waals surface area contributed by atoms with Gasteiger partial charge in [-0.3, -0.25) is 0 Å². The molecule has 1 heterocycles. The predicted octanol–water partition coefficient (Wildman–Crippen LogP) is 3.60. The van der Waals surface area contributed by atoms with E-state index < -0.39 is 0 Å². The van der Waals surface area contributed by atoms with Crippen LogP contribution in [0.3, 0.4) is 0 Å². The number of rotatable bonds is 8. The molecule has 0 spiro atoms. The topological polar surface area (TPSA) is 68.8 Å². The first kappa shape index (κ1) is 20.9. The quantitative estimate of drug-likeness (QED) is 0.708. The molecule has 1 aliphatic heterocycles. The van der Waals surface area contributed by atoms with Crippen LogP contribution in [0, 0.1) is 5.82 Å². The van der Waals surface area contributed by atoms with Gasteiger partial charge in [-0.25, -0.2) is 9.18 Å². The van der Waals surface area contributed by atoms with Crippen LogP contribution in [0.1, 0.15) is 30.0 Å². The Bertz CT molecular complexity index is 807. The van der Waals surface area contributed by atoms with Crippen molar-refractivity contribution >= 4 is 6.03 Å². The van der Waals surface area contributed by atoms with Gasteiger partial charge >= 0.3 is 6.03 Å². The van der Waals surface area contributed by atoms with Gasteiger partial charge in [0.1, 0.15) is 5.82 Å². The summed E-state index contributed by atoms with van der Waals surface area (Å²) in [6, 6.07) is 11.2. The van der Waals surface area contributed by atoms with Crippen LogP contribution in [0.25, 0.3) is 0 Å². The van der Waals surface area contributed by atoms with Crippen LogP contribution in [-0.4, -0.2) is 39.5 Å². The maximum atomic E-state index is 13.3. The van der Waals surface area contributed by atoms with Gasteiger partial charge < -0.3 is 24.8 Å². The summed E-state index contributed by atoms with van der Waals surface area (Å²) >= 11 is 0. The van der Waals surface area contributed by atoms with Gasteiger partial charge in [0.15, 0.2) is 11.5 Å². The molecule has 0 radical (unpaired) electrons. The fourth-order valence-electron chi connectivity index (χ4n) is 3.48. The molecule has 0 bridgehead atoms. The molecule has 6 nitrogen and oxygen atoms in total. The molecular weight excluding hydrogens is 375 g/mol. The number of ether oxygens (including phenoxy) is 3. The maximum Gasteiger partial charge on any atom is 0.315 e. The van der Waals surface area contributed by atoms with E-state index in [1.54, 1.807) is 26.4 Å². The summed E-state index contributed by atoms with van der Waals surface area (Å²) in [5.41, 5.74) is 1.85. The number of carbonyl (C=O) groups is 1. The van der Waals surface area contributed by atoms with E-state index in [1.165, 1.54) is 12.1 Å². The molecule has 3 rings (SSSR count). The molecule has 2 unspecified atom stereocenters. The summed E-state index contributed by atoms with van der Waals surface area (Å²) in [7, 11) is 3.18. The molecule has 0 saturated carbocycles. The van der Waals surface area contributed by atoms with Crippen molar-refractivity contribution in [2.24, 2.45) is 0 Å². The largest absolute Gasteiger partial charge is 0.493 e. The first-order valence-electron chi connectivity index (χ1n) is 9.73. The molecule has 7 heteroatoms. The Morgan fingerprint density at radius 2 is 1.93 bits per heavy atom. The minimum absolute atomic E-state index is 0.114. The van der Waals surface area contributed by atoms with Crippen LogP contribution in [0.5, 0.6) is 11.5 Å². The van der Waals surface area contributed by atoms with Crippen molar-refractivity contribution in [2.45, 2.75) is 31.4 Å². The van der Waals surface area contributed by atoms with Gasteiger partial charge in [0.05, 0.1) is 26.4 Å². The van der Waals surface area contributed by atoms with E-state index in [0.717, 1.165) is 24.0 Å². The zero-order valence-electron chi connectivity index (χ0n) is 16.7. The number of carbonyl (C=O) groups excluding carboxylic acids is 1. The lowest BCUT2D eigenvalue weighted by atomic mass is 9.99. The first-order chi connectivity index (χ1) is 14.1. The fourth-order valence-corrected chi connectivity index (χ4v) is 3.48. The van der Waals surface area contributed by atoms with Crippen molar-refractivity contribution in [3.63, 3.8) is 0 Å². The van der Waals surface area contributed by atoms with Crippen molar-refractivity contribution in [3.05, 3.63) is 59.4 Å². The molecule has 156 valence electrons. The number of halogens is 1. The van der Waals surface area contributed by atoms with Gasteiger partial charge in [-0.15, -0.1) is 0 Å². The number of hydrogen-bond acceptors (Lipinski definition) is 4. The summed E-state index contributed by atoms with van der Waals surface area (Å²) in [5, 5.41) is 5.86. The fraction of sp³-hybridized carbons (Fsp3) is 0.409. The number of methoxy groups -OCH3 is 2. The Balaban J connectivity index is 1.57. The van der Waals surface area contributed by atoms with Gasteiger partial charge in [-0.05, 0) is 54.7 Å². The average molecular weight is 402 g/mol. The van der Waals surface area contributed by atoms with Crippen LogP contribution < -0.4 is 20.1 Å². The molecule has 1 saturated heterocycles. The second-order valence-electron chi connectivity index (χ2n) is 6.92. The van der Waals surface area contributed by atoms with E-state index in [2.05, 4.69) is 10.6 Å². The van der Waals surface area contributed by atoms with E-state index in [-0.39, 0.29) is 24.0 Å². The third-order valence-corrected chi connectivity index (χ3v) is 5.00. The number of benzene rings is 2. The van der Waals surface area contributed by atoms with E-state index in [1.807, 2.05) is 18.2 Å². The van der Waals surface area contributed by atoms with Gasteiger partial charge in [-0.2, -0.15) is 0 Å². The molecule has 1 aliphatic rings. The van der Waals surface area contributed by atoms with E-state index >= 15 is 0 Å². The van der Waals surface area contributed by atoms with Gasteiger partial charge in [0.2, 0.25) is 0 Å². The second kappa shape index (κ2) is 10.1. The third-order valence-electron chi connectivity index (χ3n) is 5.00. The molecule has 29 heavy (non-hydrogen) atoms. The lowest BCUT2D eigenvalue weighted by molar-refractivity contribution is 0.0807. The molecule has 0 aromatic heterocycles. The summed E-state index contributed by atoms with van der Waals surface area (Å²) < 4.78 is 29.6. The van der Waals surface area contributed by atoms with Gasteiger partial charge in [0.25, 0.3) is 0 Å². The highest BCUT2D eigenvalue weighted by Gasteiger charge is 2.28. The Morgan fingerprint density at radius 1 is 1.17 bits per heavy atom. The molecule has 1 fully saturated rings. The predicted molar refractivity (Wildman–Crippen MR) is 108 cm³/mol. The molecule has 2 aromatic rings. The lowest BCUT2D eigenvalue weighted by Gasteiger charge is -2.25. The Hall–Kier alpha value is -2.80. The average Bonchev–Trinajstić information content (AvgIpc) is 3.27. The molecule has 2 amide bonds. The number of hydrogen-bond donors (Lipinski definition) is 2. The van der Waals surface area contributed by atoms with Gasteiger partial charge in [0, 0.05) is 13.2 Å². The zero-order valence-corrected chi connectivity index (χ0v) is 16.7. The third kappa shape index (κ3) is 5.60. The molecule has 2 atom stereocenters. The van der Waals surface area contributed by atoms with Crippen LogP contribution in [0.2, 0.25) is 0 Å². The molecule has 2 aromatic carbocycles. The summed E-state index contributed by atoms with van der Waals surface area (Å²) in [5.74, 6) is 1.02. The Labute approximate surface area is 170 Å². The van der Waals surface area contributed by atoms with Crippen molar-refractivity contribution in [3.8, 4) is 11.5 Å². The summed E-state index contributed by atoms with van der Waals surface area (Å²) in [6.45, 7) is 1.13. The molecule has 2 N–H and O–H groups in total. The van der Waals surface area contributed by atoms with E-state index in [4.69, 9.17) is 14.2 Å². The highest BCUT2D eigenvalue weighted by molar-refractivity contribution is 5.74. The summed E-state index contributed by atoms with van der Waals surface area (Å²) in [6.07, 6.45) is 2.34. The van der Waals surface area contributed by atoms with E-state index in [0.29, 0.717) is 31.1 Å². The number of amides is 2. The standard InChI is InChI=1S/C22H27FN2O4/c1-27-18-10-5-15(14-20(18)28-2)11-12-24-22(26)25-21(19-4-3-13-29-19)16-6-8-17(23)9-7-16/h5-10,14,19,21H,3-4,11-13H2,1-2H3,(H2,24,25,26).